The average molecular weight is 426 g/mol. The molecule has 0 radical (unpaired) electrons. The van der Waals surface area contributed by atoms with Crippen molar-refractivity contribution < 1.29 is 14.3 Å². The van der Waals surface area contributed by atoms with Gasteiger partial charge in [-0.1, -0.05) is 40.2 Å². The Kier molecular flexibility index (Phi) is 5.46. The molecule has 0 amide bonds. The standard InChI is InChI=1S/C17H14Br2O3/c1-21-14-8-6-12(7-9-14)17(19,16(18)11-20)13-4-3-5-15(10-13)22-2/h3-10H,1-2H3. The predicted molar refractivity (Wildman–Crippen MR) is 93.8 cm³/mol. The third-order valence-electron chi connectivity index (χ3n) is 3.35. The summed E-state index contributed by atoms with van der Waals surface area (Å²) in [6.07, 6.45) is 0. The van der Waals surface area contributed by atoms with Crippen molar-refractivity contribution in [3.63, 3.8) is 0 Å². The van der Waals surface area contributed by atoms with E-state index in [1.807, 2.05) is 54.5 Å². The van der Waals surface area contributed by atoms with Crippen LogP contribution in [0.2, 0.25) is 0 Å². The molecule has 0 aliphatic carbocycles. The first-order valence-electron chi connectivity index (χ1n) is 6.45. The Morgan fingerprint density at radius 1 is 1.00 bits per heavy atom. The SMILES string of the molecule is COc1ccc(C(Br)(C(Br)=C=O)c2cccc(OC)c2)cc1. The highest BCUT2D eigenvalue weighted by molar-refractivity contribution is 9.14. The lowest BCUT2D eigenvalue weighted by Gasteiger charge is -2.27. The third-order valence-corrected chi connectivity index (χ3v) is 5.95. The number of carbonyl (C=O) groups excluding carboxylic acids is 1. The average Bonchev–Trinajstić information content (AvgIpc) is 2.60. The van der Waals surface area contributed by atoms with Crippen LogP contribution >= 0.6 is 31.9 Å². The van der Waals surface area contributed by atoms with Crippen molar-refractivity contribution in [2.24, 2.45) is 0 Å². The summed E-state index contributed by atoms with van der Waals surface area (Å²) in [4.78, 5) is 11.3. The number of allylic oxidation sites excluding steroid dienone is 1. The Morgan fingerprint density at radius 2 is 1.64 bits per heavy atom. The summed E-state index contributed by atoms with van der Waals surface area (Å²) in [5, 5.41) is 0. The molecule has 1 unspecified atom stereocenters. The van der Waals surface area contributed by atoms with Crippen LogP contribution in [0.25, 0.3) is 0 Å². The number of benzene rings is 2. The maximum atomic E-state index is 11.3. The second kappa shape index (κ2) is 7.14. The normalized spacial score (nSPS) is 12.9. The van der Waals surface area contributed by atoms with Crippen LogP contribution in [0, 0.1) is 0 Å². The molecule has 0 spiro atoms. The molecule has 0 fully saturated rings. The first-order chi connectivity index (χ1) is 10.6. The molecular formula is C17H14Br2O3. The molecule has 0 heterocycles. The molecule has 0 bridgehead atoms. The summed E-state index contributed by atoms with van der Waals surface area (Å²) >= 11 is 7.02. The van der Waals surface area contributed by atoms with Crippen LogP contribution < -0.4 is 9.47 Å². The van der Waals surface area contributed by atoms with Crippen molar-refractivity contribution in [1.82, 2.24) is 0 Å². The number of hydrogen-bond acceptors (Lipinski definition) is 3. The Balaban J connectivity index is 2.63. The Hall–Kier alpha value is -1.55. The van der Waals surface area contributed by atoms with E-state index in [9.17, 15) is 4.79 Å². The van der Waals surface area contributed by atoms with E-state index in [0.717, 1.165) is 16.9 Å². The lowest BCUT2D eigenvalue weighted by molar-refractivity contribution is 0.413. The predicted octanol–water partition coefficient (Wildman–Crippen LogP) is 4.45. The molecular weight excluding hydrogens is 412 g/mol. The van der Waals surface area contributed by atoms with E-state index in [2.05, 4.69) is 31.9 Å². The first-order valence-corrected chi connectivity index (χ1v) is 8.04. The van der Waals surface area contributed by atoms with E-state index in [4.69, 9.17) is 9.47 Å². The van der Waals surface area contributed by atoms with Crippen molar-refractivity contribution in [3.8, 4) is 11.5 Å². The molecule has 5 heteroatoms. The van der Waals surface area contributed by atoms with E-state index in [1.54, 1.807) is 14.2 Å². The molecule has 2 rings (SSSR count). The first kappa shape index (κ1) is 16.8. The van der Waals surface area contributed by atoms with Crippen LogP contribution in [0.1, 0.15) is 11.1 Å². The van der Waals surface area contributed by atoms with Gasteiger partial charge < -0.3 is 9.47 Å². The summed E-state index contributed by atoms with van der Waals surface area (Å²) in [6.45, 7) is 0. The smallest absolute Gasteiger partial charge is 0.137 e. The molecule has 0 aromatic heterocycles. The van der Waals surface area contributed by atoms with Gasteiger partial charge in [-0.2, -0.15) is 0 Å². The Morgan fingerprint density at radius 3 is 2.18 bits per heavy atom. The summed E-state index contributed by atoms with van der Waals surface area (Å²) < 4.78 is 9.96. The van der Waals surface area contributed by atoms with Crippen LogP contribution in [-0.4, -0.2) is 20.2 Å². The molecule has 2 aromatic carbocycles. The number of rotatable bonds is 5. The molecule has 0 aliphatic heterocycles. The summed E-state index contributed by atoms with van der Waals surface area (Å²) in [6, 6.07) is 15.0. The lowest BCUT2D eigenvalue weighted by atomic mass is 9.91. The molecule has 2 aromatic rings. The van der Waals surface area contributed by atoms with Crippen LogP contribution in [0.3, 0.4) is 0 Å². The molecule has 3 nitrogen and oxygen atoms in total. The Bertz CT molecular complexity index is 706. The van der Waals surface area contributed by atoms with Gasteiger partial charge in [-0.3, -0.25) is 0 Å². The fourth-order valence-electron chi connectivity index (χ4n) is 2.15. The highest BCUT2D eigenvalue weighted by Crippen LogP contribution is 2.47. The van der Waals surface area contributed by atoms with Crippen molar-refractivity contribution in [3.05, 3.63) is 64.1 Å². The number of hydrogen-bond donors (Lipinski definition) is 0. The van der Waals surface area contributed by atoms with Gasteiger partial charge in [0.25, 0.3) is 0 Å². The number of ether oxygens (including phenoxy) is 2. The summed E-state index contributed by atoms with van der Waals surface area (Å²) in [7, 11) is 3.21. The summed E-state index contributed by atoms with van der Waals surface area (Å²) in [5.41, 5.74) is 1.73. The van der Waals surface area contributed by atoms with Gasteiger partial charge in [-0.05, 0) is 51.3 Å². The van der Waals surface area contributed by atoms with Gasteiger partial charge >= 0.3 is 0 Å². The van der Waals surface area contributed by atoms with Gasteiger partial charge in [0.2, 0.25) is 0 Å². The molecule has 0 saturated carbocycles. The monoisotopic (exact) mass is 424 g/mol. The minimum atomic E-state index is -0.838. The minimum Gasteiger partial charge on any atom is -0.497 e. The zero-order valence-electron chi connectivity index (χ0n) is 12.1. The fourth-order valence-corrected chi connectivity index (χ4v) is 3.20. The highest BCUT2D eigenvalue weighted by atomic mass is 79.9. The van der Waals surface area contributed by atoms with Crippen molar-refractivity contribution in [1.29, 1.82) is 0 Å². The van der Waals surface area contributed by atoms with E-state index in [0.29, 0.717) is 10.2 Å². The van der Waals surface area contributed by atoms with E-state index >= 15 is 0 Å². The van der Waals surface area contributed by atoms with E-state index < -0.39 is 4.32 Å². The van der Waals surface area contributed by atoms with Crippen LogP contribution in [0.5, 0.6) is 11.5 Å². The maximum absolute atomic E-state index is 11.3. The second-order valence-corrected chi connectivity index (χ2v) is 6.52. The van der Waals surface area contributed by atoms with Gasteiger partial charge in [-0.15, -0.1) is 0 Å². The van der Waals surface area contributed by atoms with Gasteiger partial charge in [0.15, 0.2) is 0 Å². The molecule has 0 aliphatic rings. The van der Waals surface area contributed by atoms with Crippen molar-refractivity contribution in [2.45, 2.75) is 4.32 Å². The van der Waals surface area contributed by atoms with E-state index in [1.165, 1.54) is 0 Å². The zero-order chi connectivity index (χ0) is 16.2. The largest absolute Gasteiger partial charge is 0.497 e. The molecule has 0 saturated heterocycles. The maximum Gasteiger partial charge on any atom is 0.137 e. The fraction of sp³-hybridized carbons (Fsp3) is 0.176. The van der Waals surface area contributed by atoms with Gasteiger partial charge in [0, 0.05) is 0 Å². The van der Waals surface area contributed by atoms with Crippen molar-refractivity contribution in [2.75, 3.05) is 14.2 Å². The quantitative estimate of drug-likeness (QED) is 0.524. The minimum absolute atomic E-state index is 0.346. The van der Waals surface area contributed by atoms with Crippen LogP contribution in [0.15, 0.2) is 53.0 Å². The third kappa shape index (κ3) is 3.12. The number of alkyl halides is 1. The molecule has 1 atom stereocenters. The van der Waals surface area contributed by atoms with Gasteiger partial charge in [0.05, 0.1) is 14.2 Å². The van der Waals surface area contributed by atoms with Crippen LogP contribution in [-0.2, 0) is 9.12 Å². The van der Waals surface area contributed by atoms with Crippen LogP contribution in [0.4, 0.5) is 0 Å². The second-order valence-electron chi connectivity index (χ2n) is 4.53. The van der Waals surface area contributed by atoms with Crippen molar-refractivity contribution >= 4 is 37.8 Å². The molecule has 22 heavy (non-hydrogen) atoms. The molecule has 114 valence electrons. The Labute approximate surface area is 146 Å². The van der Waals surface area contributed by atoms with Gasteiger partial charge in [-0.25, -0.2) is 4.79 Å². The highest BCUT2D eigenvalue weighted by Gasteiger charge is 2.36. The summed E-state index contributed by atoms with van der Waals surface area (Å²) in [5.74, 6) is 3.39. The lowest BCUT2D eigenvalue weighted by Crippen LogP contribution is -2.20. The number of halogens is 2. The topological polar surface area (TPSA) is 35.5 Å². The zero-order valence-corrected chi connectivity index (χ0v) is 15.3. The molecule has 0 N–H and O–H groups in total. The number of methoxy groups -OCH3 is 2. The van der Waals surface area contributed by atoms with Gasteiger partial charge in [0.1, 0.15) is 26.2 Å². The van der Waals surface area contributed by atoms with E-state index in [-0.39, 0.29) is 0 Å².